The fourth-order valence-corrected chi connectivity index (χ4v) is 4.66. The Balaban J connectivity index is 0.000000160. The quantitative estimate of drug-likeness (QED) is 0.279. The first-order chi connectivity index (χ1) is 18.6. The number of hydrogen-bond acceptors (Lipinski definition) is 5. The molecule has 1 aliphatic heterocycles. The van der Waals surface area contributed by atoms with Crippen LogP contribution in [0.4, 0.5) is 0 Å². The number of nitrogens with one attached hydrogen (secondary N) is 1. The van der Waals surface area contributed by atoms with Crippen LogP contribution >= 0.6 is 15.9 Å². The van der Waals surface area contributed by atoms with Gasteiger partial charge in [0.05, 0.1) is 29.5 Å². The molecule has 6 rings (SSSR count). The molecular weight excluding hydrogens is 555 g/mol. The number of rotatable bonds is 4. The molecule has 0 spiro atoms. The summed E-state index contributed by atoms with van der Waals surface area (Å²) >= 11 is 3.39. The first-order valence-electron chi connectivity index (χ1n) is 12.8. The van der Waals surface area contributed by atoms with Crippen molar-refractivity contribution in [3.8, 4) is 11.1 Å². The Bertz CT molecular complexity index is 1630. The lowest BCUT2D eigenvalue weighted by molar-refractivity contribution is 0.00578. The number of H-pyrrole nitrogens is 1. The summed E-state index contributed by atoms with van der Waals surface area (Å²) in [7, 11) is -0.317. The zero-order valence-corrected chi connectivity index (χ0v) is 24.0. The molecule has 4 heterocycles. The van der Waals surface area contributed by atoms with E-state index in [1.165, 1.54) is 0 Å². The minimum Gasteiger partial charge on any atom is -0.399 e. The van der Waals surface area contributed by atoms with Crippen molar-refractivity contribution in [2.75, 3.05) is 0 Å². The Labute approximate surface area is 236 Å². The first kappa shape index (κ1) is 27.1. The van der Waals surface area contributed by atoms with Crippen molar-refractivity contribution in [1.82, 2.24) is 19.7 Å². The van der Waals surface area contributed by atoms with Crippen LogP contribution in [0.2, 0.25) is 0 Å². The van der Waals surface area contributed by atoms with Crippen molar-refractivity contribution in [2.24, 2.45) is 0 Å². The van der Waals surface area contributed by atoms with Crippen molar-refractivity contribution in [2.45, 2.75) is 45.4 Å². The zero-order valence-electron chi connectivity index (χ0n) is 22.4. The van der Waals surface area contributed by atoms with Gasteiger partial charge in [0.15, 0.2) is 0 Å². The summed E-state index contributed by atoms with van der Waals surface area (Å²) in [6.45, 7) is 8.78. The summed E-state index contributed by atoms with van der Waals surface area (Å²) in [6.07, 6.45) is 7.21. The van der Waals surface area contributed by atoms with E-state index in [0.717, 1.165) is 37.5 Å². The molecule has 3 aromatic heterocycles. The molecular formula is C30H30BBrN4O3. The van der Waals surface area contributed by atoms with Crippen LogP contribution in [0.5, 0.6) is 0 Å². The second-order valence-electron chi connectivity index (χ2n) is 10.6. The number of fused-ring (bicyclic) bond motifs is 1. The van der Waals surface area contributed by atoms with E-state index in [1.807, 2.05) is 60.9 Å². The van der Waals surface area contributed by atoms with E-state index < -0.39 is 0 Å². The number of hydrogen-bond donors (Lipinski definition) is 1. The molecule has 1 N–H and O–H groups in total. The third-order valence-corrected chi connectivity index (χ3v) is 7.68. The molecule has 1 aliphatic rings. The highest BCUT2D eigenvalue weighted by Gasteiger charge is 2.51. The molecule has 5 aromatic rings. The van der Waals surface area contributed by atoms with Gasteiger partial charge in [-0.1, -0.05) is 36.4 Å². The summed E-state index contributed by atoms with van der Waals surface area (Å²) in [5.41, 5.74) is 4.65. The third-order valence-electron chi connectivity index (χ3n) is 7.21. The lowest BCUT2D eigenvalue weighted by Gasteiger charge is -2.32. The first-order valence-corrected chi connectivity index (χ1v) is 13.5. The van der Waals surface area contributed by atoms with E-state index >= 15 is 0 Å². The normalized spacial score (nSPS) is 15.7. The van der Waals surface area contributed by atoms with Gasteiger partial charge >= 0.3 is 7.12 Å². The largest absolute Gasteiger partial charge is 0.494 e. The maximum atomic E-state index is 11.9. The number of halogens is 1. The van der Waals surface area contributed by atoms with Crippen LogP contribution in [0.25, 0.3) is 22.0 Å². The molecule has 2 aromatic carbocycles. The van der Waals surface area contributed by atoms with Crippen LogP contribution in [0, 0.1) is 0 Å². The summed E-state index contributed by atoms with van der Waals surface area (Å²) in [5, 5.41) is 8.08. The smallest absolute Gasteiger partial charge is 0.399 e. The molecule has 0 bridgehead atoms. The monoisotopic (exact) mass is 584 g/mol. The SMILES string of the molecule is CC1(C)OB(c2ccc3cn[nH]c3c2)OC1(C)C.O=c1ccc(Br)cn1Cc1cccc(-c2cccnc2)c1. The van der Waals surface area contributed by atoms with Gasteiger partial charge in [0.2, 0.25) is 0 Å². The van der Waals surface area contributed by atoms with Crippen LogP contribution in [0.15, 0.2) is 101 Å². The van der Waals surface area contributed by atoms with Gasteiger partial charge in [0, 0.05) is 34.5 Å². The van der Waals surface area contributed by atoms with Crippen LogP contribution in [0.3, 0.4) is 0 Å². The average Bonchev–Trinajstić information content (AvgIpc) is 3.47. The van der Waals surface area contributed by atoms with Gasteiger partial charge in [0.25, 0.3) is 5.56 Å². The van der Waals surface area contributed by atoms with Gasteiger partial charge in [-0.2, -0.15) is 5.10 Å². The molecule has 0 atom stereocenters. The predicted molar refractivity (Wildman–Crippen MR) is 159 cm³/mol. The highest BCUT2D eigenvalue weighted by Crippen LogP contribution is 2.36. The summed E-state index contributed by atoms with van der Waals surface area (Å²) < 4.78 is 14.6. The van der Waals surface area contributed by atoms with Crippen LogP contribution in [0.1, 0.15) is 33.3 Å². The zero-order chi connectivity index (χ0) is 27.6. The molecule has 0 amide bonds. The minimum atomic E-state index is -0.317. The number of aromatic amines is 1. The molecule has 0 radical (unpaired) electrons. The minimum absolute atomic E-state index is 0.00928. The van der Waals surface area contributed by atoms with E-state index in [-0.39, 0.29) is 23.9 Å². The van der Waals surface area contributed by atoms with Gasteiger partial charge in [-0.3, -0.25) is 14.9 Å². The van der Waals surface area contributed by atoms with E-state index in [0.29, 0.717) is 6.54 Å². The number of pyridine rings is 2. The molecule has 0 aliphatic carbocycles. The fraction of sp³-hybridized carbons (Fsp3) is 0.233. The summed E-state index contributed by atoms with van der Waals surface area (Å²) in [5.74, 6) is 0. The second-order valence-corrected chi connectivity index (χ2v) is 11.5. The van der Waals surface area contributed by atoms with Crippen molar-refractivity contribution >= 4 is 39.4 Å². The topological polar surface area (TPSA) is 82.0 Å². The third kappa shape index (κ3) is 6.06. The average molecular weight is 585 g/mol. The van der Waals surface area contributed by atoms with E-state index in [2.05, 4.69) is 64.9 Å². The van der Waals surface area contributed by atoms with Crippen LogP contribution in [-0.2, 0) is 15.9 Å². The molecule has 1 saturated heterocycles. The molecule has 198 valence electrons. The van der Waals surface area contributed by atoms with Gasteiger partial charge in [-0.25, -0.2) is 0 Å². The maximum Gasteiger partial charge on any atom is 0.494 e. The summed E-state index contributed by atoms with van der Waals surface area (Å²) in [4.78, 5) is 16.0. The Morgan fingerprint density at radius 3 is 2.44 bits per heavy atom. The number of aromatic nitrogens is 4. The predicted octanol–water partition coefficient (Wildman–Crippen LogP) is 5.58. The van der Waals surface area contributed by atoms with Crippen molar-refractivity contribution in [3.63, 3.8) is 0 Å². The molecule has 0 saturated carbocycles. The Kier molecular flexibility index (Phi) is 7.58. The van der Waals surface area contributed by atoms with Crippen molar-refractivity contribution in [3.05, 3.63) is 112 Å². The van der Waals surface area contributed by atoms with Crippen LogP contribution < -0.4 is 11.0 Å². The standard InChI is InChI=1S/C17H13BrN2O.C13H17BN2O2/c18-16-6-7-17(21)20(12-16)11-13-3-1-4-14(9-13)15-5-2-8-19-10-15;1-12(2)13(3,4)18-14(17-12)10-6-5-9-8-15-16-11(9)7-10/h1-10,12H,11H2;5-8H,1-4H3,(H,15,16). The Morgan fingerprint density at radius 1 is 0.923 bits per heavy atom. The molecule has 39 heavy (non-hydrogen) atoms. The number of benzene rings is 2. The fourth-order valence-electron chi connectivity index (χ4n) is 4.29. The molecule has 7 nitrogen and oxygen atoms in total. The van der Waals surface area contributed by atoms with E-state index in [1.54, 1.807) is 29.1 Å². The van der Waals surface area contributed by atoms with Gasteiger partial charge in [-0.05, 0) is 90.0 Å². The Morgan fingerprint density at radius 2 is 1.69 bits per heavy atom. The van der Waals surface area contributed by atoms with E-state index in [9.17, 15) is 4.79 Å². The maximum absolute atomic E-state index is 11.9. The van der Waals surface area contributed by atoms with E-state index in [4.69, 9.17) is 9.31 Å². The van der Waals surface area contributed by atoms with Gasteiger partial charge in [0.1, 0.15) is 0 Å². The highest BCUT2D eigenvalue weighted by atomic mass is 79.9. The summed E-state index contributed by atoms with van der Waals surface area (Å²) in [6, 6.07) is 21.5. The lowest BCUT2D eigenvalue weighted by atomic mass is 9.79. The Hall–Kier alpha value is -3.53. The van der Waals surface area contributed by atoms with Crippen molar-refractivity contribution < 1.29 is 9.31 Å². The van der Waals surface area contributed by atoms with Crippen LogP contribution in [-0.4, -0.2) is 38.1 Å². The molecule has 9 heteroatoms. The number of nitrogens with zero attached hydrogens (tertiary/aromatic N) is 3. The van der Waals surface area contributed by atoms with Gasteiger partial charge in [-0.15, -0.1) is 0 Å². The van der Waals surface area contributed by atoms with Gasteiger partial charge < -0.3 is 13.9 Å². The molecule has 1 fully saturated rings. The molecule has 0 unspecified atom stereocenters. The highest BCUT2D eigenvalue weighted by molar-refractivity contribution is 9.10. The van der Waals surface area contributed by atoms with Crippen molar-refractivity contribution in [1.29, 1.82) is 0 Å². The lowest BCUT2D eigenvalue weighted by Crippen LogP contribution is -2.41. The second kappa shape index (κ2) is 10.9.